The number of aryl methyl sites for hydroxylation is 1. The molecule has 1 fully saturated rings. The first-order chi connectivity index (χ1) is 13.4. The van der Waals surface area contributed by atoms with Gasteiger partial charge in [-0.1, -0.05) is 55.5 Å². The number of esters is 1. The zero-order valence-corrected chi connectivity index (χ0v) is 17.7. The fourth-order valence-electron chi connectivity index (χ4n) is 3.86. The van der Waals surface area contributed by atoms with E-state index in [1.807, 2.05) is 26.0 Å². The molecule has 0 heterocycles. The SMILES string of the molecule is Cc1ccccc1/C=C/[C@H]1[C@H](C)CC(=O)[C@@H]1C/C=C\CCCC(=O)OC(C)C. The first-order valence-electron chi connectivity index (χ1n) is 10.5. The van der Waals surface area contributed by atoms with Crippen LogP contribution in [-0.2, 0) is 14.3 Å². The maximum atomic E-state index is 12.5. The Bertz CT molecular complexity index is 714. The van der Waals surface area contributed by atoms with Gasteiger partial charge >= 0.3 is 5.97 Å². The molecule has 1 aliphatic rings. The van der Waals surface area contributed by atoms with Crippen molar-refractivity contribution in [2.24, 2.45) is 17.8 Å². The average Bonchev–Trinajstić information content (AvgIpc) is 2.89. The molecule has 0 radical (unpaired) electrons. The lowest BCUT2D eigenvalue weighted by Gasteiger charge is -2.17. The first-order valence-corrected chi connectivity index (χ1v) is 10.5. The Morgan fingerprint density at radius 3 is 2.71 bits per heavy atom. The van der Waals surface area contributed by atoms with Crippen molar-refractivity contribution in [3.8, 4) is 0 Å². The molecular formula is C25H34O3. The van der Waals surface area contributed by atoms with Gasteiger partial charge in [0.15, 0.2) is 0 Å². The van der Waals surface area contributed by atoms with Crippen LogP contribution in [0, 0.1) is 24.7 Å². The van der Waals surface area contributed by atoms with E-state index in [1.165, 1.54) is 11.1 Å². The predicted molar refractivity (Wildman–Crippen MR) is 115 cm³/mol. The minimum Gasteiger partial charge on any atom is -0.463 e. The number of hydrogen-bond donors (Lipinski definition) is 0. The summed E-state index contributed by atoms with van der Waals surface area (Å²) < 4.78 is 5.13. The minimum absolute atomic E-state index is 0.0527. The number of ketones is 1. The van der Waals surface area contributed by atoms with Crippen LogP contribution in [0.2, 0.25) is 0 Å². The summed E-state index contributed by atoms with van der Waals surface area (Å²) >= 11 is 0. The summed E-state index contributed by atoms with van der Waals surface area (Å²) in [6, 6.07) is 8.32. The summed E-state index contributed by atoms with van der Waals surface area (Å²) in [5, 5.41) is 0. The molecule has 2 rings (SSSR count). The third-order valence-electron chi connectivity index (χ3n) is 5.42. The molecule has 0 bridgehead atoms. The van der Waals surface area contributed by atoms with Crippen LogP contribution in [0.25, 0.3) is 6.08 Å². The van der Waals surface area contributed by atoms with Crippen molar-refractivity contribution in [3.63, 3.8) is 0 Å². The van der Waals surface area contributed by atoms with Gasteiger partial charge in [-0.2, -0.15) is 0 Å². The molecule has 0 amide bonds. The zero-order chi connectivity index (χ0) is 20.5. The molecule has 0 aliphatic heterocycles. The topological polar surface area (TPSA) is 43.4 Å². The van der Waals surface area contributed by atoms with Crippen LogP contribution in [0.3, 0.4) is 0 Å². The Labute approximate surface area is 169 Å². The number of benzene rings is 1. The van der Waals surface area contributed by atoms with Gasteiger partial charge in [-0.3, -0.25) is 9.59 Å². The minimum atomic E-state index is -0.135. The van der Waals surface area contributed by atoms with E-state index < -0.39 is 0 Å². The zero-order valence-electron chi connectivity index (χ0n) is 17.7. The predicted octanol–water partition coefficient (Wildman–Crippen LogP) is 5.92. The van der Waals surface area contributed by atoms with Crippen molar-refractivity contribution in [1.82, 2.24) is 0 Å². The van der Waals surface area contributed by atoms with Gasteiger partial charge in [-0.15, -0.1) is 0 Å². The van der Waals surface area contributed by atoms with E-state index in [0.717, 1.165) is 19.3 Å². The Hall–Kier alpha value is -2.16. The Kier molecular flexibility index (Phi) is 8.69. The van der Waals surface area contributed by atoms with Gasteiger partial charge in [-0.05, 0) is 63.0 Å². The van der Waals surface area contributed by atoms with Crippen LogP contribution < -0.4 is 0 Å². The maximum absolute atomic E-state index is 12.5. The number of rotatable bonds is 9. The monoisotopic (exact) mass is 382 g/mol. The molecule has 0 N–H and O–H groups in total. The molecule has 0 aromatic heterocycles. The second-order valence-corrected chi connectivity index (χ2v) is 8.19. The van der Waals surface area contributed by atoms with Crippen molar-refractivity contribution in [3.05, 3.63) is 53.6 Å². The first kappa shape index (κ1) is 22.1. The third-order valence-corrected chi connectivity index (χ3v) is 5.42. The van der Waals surface area contributed by atoms with Gasteiger partial charge < -0.3 is 4.74 Å². The van der Waals surface area contributed by atoms with E-state index in [0.29, 0.717) is 24.5 Å². The summed E-state index contributed by atoms with van der Waals surface area (Å²) in [7, 11) is 0. The molecule has 1 saturated carbocycles. The van der Waals surface area contributed by atoms with Gasteiger partial charge in [-0.25, -0.2) is 0 Å². The largest absolute Gasteiger partial charge is 0.463 e. The van der Waals surface area contributed by atoms with Crippen molar-refractivity contribution < 1.29 is 14.3 Å². The highest BCUT2D eigenvalue weighted by atomic mass is 16.5. The smallest absolute Gasteiger partial charge is 0.306 e. The summed E-state index contributed by atoms with van der Waals surface area (Å²) in [4.78, 5) is 24.0. The van der Waals surface area contributed by atoms with Crippen LogP contribution in [0.5, 0.6) is 0 Å². The number of hydrogen-bond acceptors (Lipinski definition) is 3. The Morgan fingerprint density at radius 1 is 1.25 bits per heavy atom. The highest BCUT2D eigenvalue weighted by molar-refractivity contribution is 5.84. The molecule has 3 nitrogen and oxygen atoms in total. The molecule has 0 unspecified atom stereocenters. The van der Waals surface area contributed by atoms with Crippen LogP contribution in [0.15, 0.2) is 42.5 Å². The van der Waals surface area contributed by atoms with Gasteiger partial charge in [0.05, 0.1) is 6.10 Å². The standard InChI is InChI=1S/C25H34O3/c1-18(2)28-25(27)14-8-6-5-7-13-23-22(20(4)17-24(23)26)16-15-21-12-10-9-11-19(21)3/h5,7,9-12,15-16,18,20,22-23H,6,8,13-14,17H2,1-4H3/b7-5-,16-15+/t20-,22+,23-/m1/s1. The highest BCUT2D eigenvalue weighted by Gasteiger charge is 2.37. The van der Waals surface area contributed by atoms with Gasteiger partial charge in [0.1, 0.15) is 5.78 Å². The van der Waals surface area contributed by atoms with Crippen LogP contribution in [0.4, 0.5) is 0 Å². The van der Waals surface area contributed by atoms with Crippen molar-refractivity contribution in [2.45, 2.75) is 65.9 Å². The van der Waals surface area contributed by atoms with E-state index in [4.69, 9.17) is 4.74 Å². The second-order valence-electron chi connectivity index (χ2n) is 8.19. The molecule has 1 aromatic rings. The molecule has 0 spiro atoms. The summed E-state index contributed by atoms with van der Waals surface area (Å²) in [6.45, 7) is 8.01. The molecule has 3 heteroatoms. The van der Waals surface area contributed by atoms with E-state index in [1.54, 1.807) is 0 Å². The van der Waals surface area contributed by atoms with E-state index >= 15 is 0 Å². The summed E-state index contributed by atoms with van der Waals surface area (Å²) in [5.74, 6) is 0.980. The molecule has 1 aromatic carbocycles. The lowest BCUT2D eigenvalue weighted by molar-refractivity contribution is -0.147. The van der Waals surface area contributed by atoms with Crippen LogP contribution in [-0.4, -0.2) is 17.9 Å². The fraction of sp³-hybridized carbons (Fsp3) is 0.520. The van der Waals surface area contributed by atoms with E-state index in [2.05, 4.69) is 50.3 Å². The lowest BCUT2D eigenvalue weighted by atomic mass is 9.87. The number of allylic oxidation sites excluding steroid dienone is 3. The molecular weight excluding hydrogens is 348 g/mol. The highest BCUT2D eigenvalue weighted by Crippen LogP contribution is 2.38. The fourth-order valence-corrected chi connectivity index (χ4v) is 3.86. The molecule has 3 atom stereocenters. The Morgan fingerprint density at radius 2 is 2.00 bits per heavy atom. The number of Topliss-reactive ketones (excluding diaryl/α,β-unsaturated/α-hetero) is 1. The van der Waals surface area contributed by atoms with Crippen molar-refractivity contribution >= 4 is 17.8 Å². The summed E-state index contributed by atoms with van der Waals surface area (Å²) in [6.07, 6.45) is 12.1. The van der Waals surface area contributed by atoms with Crippen molar-refractivity contribution in [1.29, 1.82) is 0 Å². The quantitative estimate of drug-likeness (QED) is 0.302. The molecule has 28 heavy (non-hydrogen) atoms. The average molecular weight is 383 g/mol. The van der Waals surface area contributed by atoms with Crippen molar-refractivity contribution in [2.75, 3.05) is 0 Å². The number of carbonyl (C=O) groups excluding carboxylic acids is 2. The number of unbranched alkanes of at least 4 members (excludes halogenated alkanes) is 1. The third kappa shape index (κ3) is 6.78. The van der Waals surface area contributed by atoms with Gasteiger partial charge in [0.25, 0.3) is 0 Å². The molecule has 152 valence electrons. The van der Waals surface area contributed by atoms with E-state index in [-0.39, 0.29) is 23.9 Å². The lowest BCUT2D eigenvalue weighted by Crippen LogP contribution is -2.14. The van der Waals surface area contributed by atoms with Crippen LogP contribution >= 0.6 is 0 Å². The van der Waals surface area contributed by atoms with Gasteiger partial charge in [0, 0.05) is 18.8 Å². The normalized spacial score (nSPS) is 22.6. The molecule has 0 saturated heterocycles. The van der Waals surface area contributed by atoms with Gasteiger partial charge in [0.2, 0.25) is 0 Å². The number of ether oxygens (including phenoxy) is 1. The maximum Gasteiger partial charge on any atom is 0.306 e. The Balaban J connectivity index is 1.85. The summed E-state index contributed by atoms with van der Waals surface area (Å²) in [5.41, 5.74) is 2.47. The van der Waals surface area contributed by atoms with E-state index in [9.17, 15) is 9.59 Å². The second kappa shape index (κ2) is 11.0. The molecule has 1 aliphatic carbocycles. The van der Waals surface area contributed by atoms with Crippen LogP contribution in [0.1, 0.15) is 64.0 Å². The number of carbonyl (C=O) groups is 2.